The topological polar surface area (TPSA) is 63.3 Å². The van der Waals surface area contributed by atoms with Gasteiger partial charge in [0.05, 0.1) is 0 Å². The Kier molecular flexibility index (Phi) is 13.6. The Balaban J connectivity index is 0. The predicted molar refractivity (Wildman–Crippen MR) is 58.0 cm³/mol. The molecule has 0 rings (SSSR count). The number of thioether (sulfide) groups is 2. The van der Waals surface area contributed by atoms with Crippen molar-refractivity contribution in [2.45, 2.75) is 12.5 Å². The lowest BCUT2D eigenvalue weighted by Gasteiger charge is -2.02. The molecule has 0 aromatic carbocycles. The van der Waals surface area contributed by atoms with Crippen molar-refractivity contribution in [2.75, 3.05) is 24.5 Å². The van der Waals surface area contributed by atoms with Crippen molar-refractivity contribution in [1.29, 1.82) is 0 Å². The maximum absolute atomic E-state index is 10.1. The van der Waals surface area contributed by atoms with Gasteiger partial charge in [-0.3, -0.25) is 4.79 Å². The summed E-state index contributed by atoms with van der Waals surface area (Å²) >= 11 is 3.35. The van der Waals surface area contributed by atoms with Crippen LogP contribution in [0.2, 0.25) is 0 Å². The van der Waals surface area contributed by atoms with Crippen LogP contribution in [0.1, 0.15) is 6.42 Å². The molecule has 0 saturated heterocycles. The molecule has 0 aliphatic rings. The maximum atomic E-state index is 10.1. The number of hydrogen-bond donors (Lipinski definition) is 2. The monoisotopic (exact) mass is 211 g/mol. The minimum Gasteiger partial charge on any atom is -0.480 e. The Morgan fingerprint density at radius 2 is 1.92 bits per heavy atom. The lowest BCUT2D eigenvalue weighted by molar-refractivity contribution is -0.138. The zero-order valence-electron chi connectivity index (χ0n) is 7.74. The van der Waals surface area contributed by atoms with Gasteiger partial charge in [0.1, 0.15) is 6.04 Å². The molecule has 0 fully saturated rings. The Morgan fingerprint density at radius 3 is 2.17 bits per heavy atom. The Labute approximate surface area is 82.5 Å². The van der Waals surface area contributed by atoms with E-state index in [4.69, 9.17) is 10.8 Å². The van der Waals surface area contributed by atoms with Gasteiger partial charge >= 0.3 is 5.97 Å². The number of carboxylic acids is 1. The highest BCUT2D eigenvalue weighted by Gasteiger charge is 2.08. The van der Waals surface area contributed by atoms with Crippen molar-refractivity contribution >= 4 is 29.5 Å². The molecule has 74 valence electrons. The van der Waals surface area contributed by atoms with Crippen molar-refractivity contribution in [2.24, 2.45) is 5.73 Å². The van der Waals surface area contributed by atoms with E-state index in [1.807, 2.05) is 18.8 Å². The second-order valence-corrected chi connectivity index (χ2v) is 3.94. The Bertz CT molecular complexity index is 112. The van der Waals surface area contributed by atoms with Crippen molar-refractivity contribution in [1.82, 2.24) is 0 Å². The molecule has 12 heavy (non-hydrogen) atoms. The summed E-state index contributed by atoms with van der Waals surface area (Å²) in [5.41, 5.74) is 5.19. The molecule has 5 heteroatoms. The third-order valence-electron chi connectivity index (χ3n) is 0.950. The van der Waals surface area contributed by atoms with E-state index in [2.05, 4.69) is 0 Å². The van der Waals surface area contributed by atoms with Crippen LogP contribution in [-0.2, 0) is 4.79 Å². The molecule has 0 heterocycles. The van der Waals surface area contributed by atoms with Crippen LogP contribution in [0.4, 0.5) is 0 Å². The SMILES string of the molecule is CSC.CSCCC(N)C(=O)O. The third kappa shape index (κ3) is 12.8. The summed E-state index contributed by atoms with van der Waals surface area (Å²) in [5.74, 6) is -0.1000. The van der Waals surface area contributed by atoms with E-state index in [0.29, 0.717) is 6.42 Å². The minimum absolute atomic E-state index is 0.552. The predicted octanol–water partition coefficient (Wildman–Crippen LogP) is 1.13. The fourth-order valence-corrected chi connectivity index (χ4v) is 0.858. The molecule has 1 unspecified atom stereocenters. The van der Waals surface area contributed by atoms with E-state index in [9.17, 15) is 4.79 Å². The van der Waals surface area contributed by atoms with E-state index in [0.717, 1.165) is 5.75 Å². The first kappa shape index (κ1) is 14.6. The highest BCUT2D eigenvalue weighted by Crippen LogP contribution is 1.97. The highest BCUT2D eigenvalue weighted by molar-refractivity contribution is 7.98. The molecule has 0 aromatic rings. The number of carbonyl (C=O) groups is 1. The first-order chi connectivity index (χ1) is 5.59. The van der Waals surface area contributed by atoms with Crippen LogP contribution >= 0.6 is 23.5 Å². The summed E-state index contributed by atoms with van der Waals surface area (Å²) in [6.07, 6.45) is 6.56. The highest BCUT2D eigenvalue weighted by atomic mass is 32.2. The molecule has 0 spiro atoms. The van der Waals surface area contributed by atoms with Crippen molar-refractivity contribution in [3.8, 4) is 0 Å². The lowest BCUT2D eigenvalue weighted by atomic mass is 10.2. The molecule has 1 atom stereocenters. The van der Waals surface area contributed by atoms with Gasteiger partial charge in [-0.05, 0) is 30.9 Å². The normalized spacial score (nSPS) is 11.3. The number of rotatable bonds is 4. The fraction of sp³-hybridized carbons (Fsp3) is 0.857. The van der Waals surface area contributed by atoms with Gasteiger partial charge in [-0.1, -0.05) is 0 Å². The zero-order chi connectivity index (χ0) is 9.98. The molecule has 0 saturated carbocycles. The molecule has 0 amide bonds. The molecule has 0 bridgehead atoms. The lowest BCUT2D eigenvalue weighted by Crippen LogP contribution is -2.30. The Hall–Kier alpha value is 0.130. The molecule has 3 nitrogen and oxygen atoms in total. The largest absolute Gasteiger partial charge is 0.480 e. The van der Waals surface area contributed by atoms with Crippen molar-refractivity contribution in [3.63, 3.8) is 0 Å². The van der Waals surface area contributed by atoms with Gasteiger partial charge in [-0.25, -0.2) is 0 Å². The van der Waals surface area contributed by atoms with E-state index in [1.54, 1.807) is 23.5 Å². The van der Waals surface area contributed by atoms with Crippen LogP contribution in [0.5, 0.6) is 0 Å². The molecule has 3 N–H and O–H groups in total. The molecule has 0 aliphatic carbocycles. The zero-order valence-corrected chi connectivity index (χ0v) is 9.37. The molecule has 0 radical (unpaired) electrons. The first-order valence-corrected chi connectivity index (χ1v) is 6.50. The second-order valence-electron chi connectivity index (χ2n) is 2.13. The number of aliphatic carboxylic acids is 1. The van der Waals surface area contributed by atoms with Crippen LogP contribution in [0.3, 0.4) is 0 Å². The second kappa shape index (κ2) is 11.1. The quantitative estimate of drug-likeness (QED) is 0.730. The van der Waals surface area contributed by atoms with Crippen LogP contribution in [-0.4, -0.2) is 41.6 Å². The summed E-state index contributed by atoms with van der Waals surface area (Å²) < 4.78 is 0. The average Bonchev–Trinajstić information content (AvgIpc) is 2.01. The van der Waals surface area contributed by atoms with E-state index in [1.165, 1.54) is 0 Å². The van der Waals surface area contributed by atoms with Gasteiger partial charge in [0.2, 0.25) is 0 Å². The van der Waals surface area contributed by atoms with Crippen molar-refractivity contribution in [3.05, 3.63) is 0 Å². The van der Waals surface area contributed by atoms with Gasteiger partial charge in [-0.2, -0.15) is 23.5 Å². The minimum atomic E-state index is -0.913. The van der Waals surface area contributed by atoms with Gasteiger partial charge in [0.15, 0.2) is 0 Å². The average molecular weight is 211 g/mol. The summed E-state index contributed by atoms with van der Waals surface area (Å²) in [6.45, 7) is 0. The number of nitrogens with two attached hydrogens (primary N) is 1. The summed E-state index contributed by atoms with van der Waals surface area (Å²) in [5, 5.41) is 8.27. The van der Waals surface area contributed by atoms with Crippen LogP contribution in [0.15, 0.2) is 0 Å². The third-order valence-corrected chi connectivity index (χ3v) is 1.59. The molecular formula is C7H17NO2S2. The first-order valence-electron chi connectivity index (χ1n) is 3.47. The van der Waals surface area contributed by atoms with Crippen LogP contribution < -0.4 is 5.73 Å². The summed E-state index contributed by atoms with van der Waals surface area (Å²) in [6, 6.07) is -0.683. The van der Waals surface area contributed by atoms with Gasteiger partial charge in [-0.15, -0.1) is 0 Å². The van der Waals surface area contributed by atoms with Gasteiger partial charge < -0.3 is 10.8 Å². The molecular weight excluding hydrogens is 194 g/mol. The Morgan fingerprint density at radius 1 is 1.50 bits per heavy atom. The van der Waals surface area contributed by atoms with Crippen LogP contribution in [0.25, 0.3) is 0 Å². The summed E-state index contributed by atoms with van der Waals surface area (Å²) in [7, 11) is 0. The van der Waals surface area contributed by atoms with Crippen molar-refractivity contribution < 1.29 is 9.90 Å². The van der Waals surface area contributed by atoms with E-state index in [-0.39, 0.29) is 0 Å². The summed E-state index contributed by atoms with van der Waals surface area (Å²) in [4.78, 5) is 10.1. The van der Waals surface area contributed by atoms with E-state index < -0.39 is 12.0 Å². The number of hydrogen-bond acceptors (Lipinski definition) is 4. The van der Waals surface area contributed by atoms with E-state index >= 15 is 0 Å². The maximum Gasteiger partial charge on any atom is 0.320 e. The molecule has 0 aliphatic heterocycles. The van der Waals surface area contributed by atoms with Gasteiger partial charge in [0.25, 0.3) is 0 Å². The standard InChI is InChI=1S/C5H11NO2S.C2H6S/c1-9-3-2-4(6)5(7)8;1-3-2/h4H,2-3,6H2,1H3,(H,7,8);1-2H3. The van der Waals surface area contributed by atoms with Gasteiger partial charge in [0, 0.05) is 0 Å². The molecule has 0 aromatic heterocycles. The smallest absolute Gasteiger partial charge is 0.320 e. The van der Waals surface area contributed by atoms with Crippen LogP contribution in [0, 0.1) is 0 Å². The number of carboxylic acid groups (broad SMARTS) is 1. The fourth-order valence-electron chi connectivity index (χ4n) is 0.368.